The molecule has 1 aromatic rings. The molecule has 0 spiro atoms. The van der Waals surface area contributed by atoms with E-state index >= 15 is 0 Å². The molecular weight excluding hydrogens is 312 g/mol. The molecule has 1 aliphatic rings. The number of nitrogens with one attached hydrogen (secondary N) is 1. The first-order valence-corrected chi connectivity index (χ1v) is 8.21. The lowest BCUT2D eigenvalue weighted by Gasteiger charge is -2.26. The molecule has 0 radical (unpaired) electrons. The molecule has 2 unspecified atom stereocenters. The Kier molecular flexibility index (Phi) is 8.42. The van der Waals surface area contributed by atoms with E-state index in [1.165, 1.54) is 5.56 Å². The Morgan fingerprint density at radius 2 is 2.17 bits per heavy atom. The molecule has 5 heteroatoms. The lowest BCUT2D eigenvalue weighted by Crippen LogP contribution is -2.41. The van der Waals surface area contributed by atoms with Crippen LogP contribution in [-0.2, 0) is 11.2 Å². The largest absolute Gasteiger partial charge is 0.496 e. The summed E-state index contributed by atoms with van der Waals surface area (Å²) in [5, 5.41) is 3.19. The normalized spacial score (nSPS) is 18.4. The first-order chi connectivity index (χ1) is 10.7. The maximum Gasteiger partial charge on any atom is 0.223 e. The van der Waals surface area contributed by atoms with Crippen molar-refractivity contribution in [3.05, 3.63) is 29.8 Å². The number of likely N-dealkylation sites (tertiary alicyclic amines) is 1. The number of carbonyl (C=O) groups is 1. The highest BCUT2D eigenvalue weighted by Gasteiger charge is 2.28. The number of para-hydroxylation sites is 1. The molecule has 1 N–H and O–H groups in total. The zero-order valence-electron chi connectivity index (χ0n) is 14.4. The lowest BCUT2D eigenvalue weighted by atomic mass is 9.96. The van der Waals surface area contributed by atoms with E-state index in [2.05, 4.69) is 23.2 Å². The highest BCUT2D eigenvalue weighted by Crippen LogP contribution is 2.24. The maximum atomic E-state index is 12.6. The van der Waals surface area contributed by atoms with Crippen LogP contribution >= 0.6 is 12.4 Å². The Hall–Kier alpha value is -1.26. The van der Waals surface area contributed by atoms with Gasteiger partial charge in [-0.2, -0.15) is 0 Å². The number of hydrogen-bond acceptors (Lipinski definition) is 3. The van der Waals surface area contributed by atoms with E-state index in [4.69, 9.17) is 4.74 Å². The fourth-order valence-corrected chi connectivity index (χ4v) is 3.35. The Balaban J connectivity index is 0.00000264. The fraction of sp³-hybridized carbons (Fsp3) is 0.611. The van der Waals surface area contributed by atoms with Crippen molar-refractivity contribution in [2.45, 2.75) is 38.6 Å². The minimum Gasteiger partial charge on any atom is -0.496 e. The molecule has 2 atom stereocenters. The van der Waals surface area contributed by atoms with Crippen LogP contribution in [0.3, 0.4) is 0 Å². The summed E-state index contributed by atoms with van der Waals surface area (Å²) in [7, 11) is 3.65. The molecule has 1 saturated heterocycles. The third kappa shape index (κ3) is 5.40. The number of amides is 1. The molecule has 2 rings (SSSR count). The molecule has 1 aromatic carbocycles. The second-order valence-electron chi connectivity index (χ2n) is 6.27. The molecule has 1 amide bonds. The summed E-state index contributed by atoms with van der Waals surface area (Å²) in [4.78, 5) is 14.6. The summed E-state index contributed by atoms with van der Waals surface area (Å²) >= 11 is 0. The first kappa shape index (κ1) is 19.8. The second kappa shape index (κ2) is 9.78. The SMILES string of the molecule is CNCC1CCCN1C(=O)CC(C)Cc1ccccc1OC.Cl. The highest BCUT2D eigenvalue weighted by molar-refractivity contribution is 5.85. The first-order valence-electron chi connectivity index (χ1n) is 8.21. The van der Waals surface area contributed by atoms with Crippen molar-refractivity contribution in [2.75, 3.05) is 27.2 Å². The summed E-state index contributed by atoms with van der Waals surface area (Å²) in [6.45, 7) is 3.95. The summed E-state index contributed by atoms with van der Waals surface area (Å²) in [6, 6.07) is 8.43. The van der Waals surface area contributed by atoms with E-state index in [1.54, 1.807) is 7.11 Å². The number of rotatable bonds is 7. The highest BCUT2D eigenvalue weighted by atomic mass is 35.5. The Morgan fingerprint density at radius 3 is 2.87 bits per heavy atom. The Labute approximate surface area is 146 Å². The van der Waals surface area contributed by atoms with Crippen LogP contribution in [0.4, 0.5) is 0 Å². The molecular formula is C18H29ClN2O2. The number of ether oxygens (including phenoxy) is 1. The molecule has 0 aliphatic carbocycles. The van der Waals surface area contributed by atoms with Crippen molar-refractivity contribution in [2.24, 2.45) is 5.92 Å². The average molecular weight is 341 g/mol. The van der Waals surface area contributed by atoms with Gasteiger partial charge < -0.3 is 15.0 Å². The van der Waals surface area contributed by atoms with Gasteiger partial charge in [0.2, 0.25) is 5.91 Å². The molecule has 0 saturated carbocycles. The summed E-state index contributed by atoms with van der Waals surface area (Å²) in [5.74, 6) is 1.52. The molecule has 4 nitrogen and oxygen atoms in total. The van der Waals surface area contributed by atoms with Crippen LogP contribution < -0.4 is 10.1 Å². The van der Waals surface area contributed by atoms with E-state index in [1.807, 2.05) is 25.2 Å². The third-order valence-corrected chi connectivity index (χ3v) is 4.42. The standard InChI is InChI=1S/C18H28N2O2.ClH/c1-14(11-15-7-4-5-9-17(15)22-3)12-18(21)20-10-6-8-16(20)13-19-2;/h4-5,7,9,14,16,19H,6,8,10-13H2,1-3H3;1H. The maximum absolute atomic E-state index is 12.6. The van der Waals surface area contributed by atoms with Gasteiger partial charge in [-0.1, -0.05) is 25.1 Å². The van der Waals surface area contributed by atoms with Crippen LogP contribution in [0.5, 0.6) is 5.75 Å². The monoisotopic (exact) mass is 340 g/mol. The number of nitrogens with zero attached hydrogens (tertiary/aromatic N) is 1. The summed E-state index contributed by atoms with van der Waals surface area (Å²) in [6.07, 6.45) is 3.73. The van der Waals surface area contributed by atoms with Gasteiger partial charge in [-0.25, -0.2) is 0 Å². The molecule has 130 valence electrons. The second-order valence-corrected chi connectivity index (χ2v) is 6.27. The van der Waals surface area contributed by atoms with E-state index in [9.17, 15) is 4.79 Å². The fourth-order valence-electron chi connectivity index (χ4n) is 3.35. The van der Waals surface area contributed by atoms with Crippen molar-refractivity contribution in [1.82, 2.24) is 10.2 Å². The molecule has 0 bridgehead atoms. The number of likely N-dealkylation sites (N-methyl/N-ethyl adjacent to an activating group) is 1. The van der Waals surface area contributed by atoms with Gasteiger partial charge in [0.1, 0.15) is 5.75 Å². The van der Waals surface area contributed by atoms with Crippen LogP contribution in [0.2, 0.25) is 0 Å². The minimum absolute atomic E-state index is 0. The summed E-state index contributed by atoms with van der Waals surface area (Å²) in [5.41, 5.74) is 1.18. The minimum atomic E-state index is 0. The summed E-state index contributed by atoms with van der Waals surface area (Å²) < 4.78 is 5.40. The quantitative estimate of drug-likeness (QED) is 0.829. The van der Waals surface area contributed by atoms with Gasteiger partial charge in [-0.15, -0.1) is 12.4 Å². The number of hydrogen-bond donors (Lipinski definition) is 1. The van der Waals surface area contributed by atoms with Crippen molar-refractivity contribution in [3.63, 3.8) is 0 Å². The predicted octanol–water partition coefficient (Wildman–Crippen LogP) is 2.90. The Morgan fingerprint density at radius 1 is 1.43 bits per heavy atom. The van der Waals surface area contributed by atoms with Gasteiger partial charge in [0.05, 0.1) is 7.11 Å². The number of halogens is 1. The van der Waals surface area contributed by atoms with E-state index in [0.29, 0.717) is 24.3 Å². The molecule has 1 heterocycles. The molecule has 1 fully saturated rings. The topological polar surface area (TPSA) is 41.6 Å². The van der Waals surface area contributed by atoms with Crippen molar-refractivity contribution >= 4 is 18.3 Å². The lowest BCUT2D eigenvalue weighted by molar-refractivity contribution is -0.132. The van der Waals surface area contributed by atoms with Gasteiger partial charge in [0.15, 0.2) is 0 Å². The average Bonchev–Trinajstić information content (AvgIpc) is 2.96. The number of benzene rings is 1. The zero-order chi connectivity index (χ0) is 15.9. The molecule has 0 aromatic heterocycles. The van der Waals surface area contributed by atoms with Crippen molar-refractivity contribution in [3.8, 4) is 5.75 Å². The van der Waals surface area contributed by atoms with E-state index in [0.717, 1.165) is 38.1 Å². The van der Waals surface area contributed by atoms with Crippen molar-refractivity contribution < 1.29 is 9.53 Å². The van der Waals surface area contributed by atoms with E-state index < -0.39 is 0 Å². The number of carbonyl (C=O) groups excluding carboxylic acids is 1. The van der Waals surface area contributed by atoms with Crippen LogP contribution in [0.15, 0.2) is 24.3 Å². The van der Waals surface area contributed by atoms with Crippen LogP contribution in [0.1, 0.15) is 31.7 Å². The smallest absolute Gasteiger partial charge is 0.223 e. The Bertz CT molecular complexity index is 496. The van der Waals surface area contributed by atoms with Gasteiger partial charge >= 0.3 is 0 Å². The van der Waals surface area contributed by atoms with Crippen LogP contribution in [0, 0.1) is 5.92 Å². The molecule has 23 heavy (non-hydrogen) atoms. The molecule has 1 aliphatic heterocycles. The zero-order valence-corrected chi connectivity index (χ0v) is 15.2. The number of methoxy groups -OCH3 is 1. The third-order valence-electron chi connectivity index (χ3n) is 4.42. The van der Waals surface area contributed by atoms with Gasteiger partial charge in [-0.05, 0) is 43.9 Å². The predicted molar refractivity (Wildman–Crippen MR) is 96.4 cm³/mol. The van der Waals surface area contributed by atoms with Crippen molar-refractivity contribution in [1.29, 1.82) is 0 Å². The van der Waals surface area contributed by atoms with Gasteiger partial charge in [0, 0.05) is 25.6 Å². The van der Waals surface area contributed by atoms with Crippen LogP contribution in [0.25, 0.3) is 0 Å². The van der Waals surface area contributed by atoms with Gasteiger partial charge in [-0.3, -0.25) is 4.79 Å². The van der Waals surface area contributed by atoms with E-state index in [-0.39, 0.29) is 12.4 Å². The van der Waals surface area contributed by atoms with Gasteiger partial charge in [0.25, 0.3) is 0 Å². The van der Waals surface area contributed by atoms with Crippen LogP contribution in [-0.4, -0.2) is 44.1 Å².